The molecule has 0 saturated carbocycles. The van der Waals surface area contributed by atoms with Gasteiger partial charge >= 0.3 is 0 Å². The summed E-state index contributed by atoms with van der Waals surface area (Å²) in [4.78, 5) is 2.07. The van der Waals surface area contributed by atoms with E-state index in [0.29, 0.717) is 5.56 Å². The highest BCUT2D eigenvalue weighted by Crippen LogP contribution is 2.32. The Kier molecular flexibility index (Phi) is 4.69. The van der Waals surface area contributed by atoms with Crippen LogP contribution < -0.4 is 5.32 Å². The molecule has 1 aromatic carbocycles. The molecule has 1 aromatic heterocycles. The minimum Gasteiger partial charge on any atom is -0.395 e. The van der Waals surface area contributed by atoms with Crippen LogP contribution in [0.15, 0.2) is 36.4 Å². The second-order valence-electron chi connectivity index (χ2n) is 4.65. The van der Waals surface area contributed by atoms with Gasteiger partial charge in [0.25, 0.3) is 0 Å². The van der Waals surface area contributed by atoms with E-state index < -0.39 is 0 Å². The van der Waals surface area contributed by atoms with E-state index in [1.807, 2.05) is 32.0 Å². The standard InChI is InChI=1S/C15H18FNOS/c1-10(9-18)17-11(2)14-7-8-15(19-14)12-5-3-4-6-13(12)16/h3-8,10-11,17-18H,9H2,1-2H3. The maximum absolute atomic E-state index is 13.7. The van der Waals surface area contributed by atoms with Crippen LogP contribution in [0.4, 0.5) is 4.39 Å². The third-order valence-electron chi connectivity index (χ3n) is 3.00. The van der Waals surface area contributed by atoms with Crippen molar-refractivity contribution in [1.29, 1.82) is 0 Å². The van der Waals surface area contributed by atoms with Crippen molar-refractivity contribution in [2.45, 2.75) is 25.9 Å². The van der Waals surface area contributed by atoms with Crippen molar-refractivity contribution < 1.29 is 9.50 Å². The summed E-state index contributed by atoms with van der Waals surface area (Å²) in [6, 6.07) is 11.0. The molecule has 2 rings (SSSR count). The quantitative estimate of drug-likeness (QED) is 0.876. The molecule has 0 aliphatic rings. The molecule has 2 aromatic rings. The van der Waals surface area contributed by atoms with Crippen molar-refractivity contribution in [3.63, 3.8) is 0 Å². The largest absolute Gasteiger partial charge is 0.395 e. The summed E-state index contributed by atoms with van der Waals surface area (Å²) in [7, 11) is 0. The van der Waals surface area contributed by atoms with Crippen molar-refractivity contribution in [2.24, 2.45) is 0 Å². The first-order valence-corrected chi connectivity index (χ1v) is 7.15. The fourth-order valence-electron chi connectivity index (χ4n) is 1.95. The molecule has 2 nitrogen and oxygen atoms in total. The van der Waals surface area contributed by atoms with Gasteiger partial charge in [-0.25, -0.2) is 4.39 Å². The van der Waals surface area contributed by atoms with Gasteiger partial charge in [0.1, 0.15) is 5.82 Å². The second-order valence-corrected chi connectivity index (χ2v) is 5.77. The number of hydrogen-bond donors (Lipinski definition) is 2. The first-order valence-electron chi connectivity index (χ1n) is 6.33. The summed E-state index contributed by atoms with van der Waals surface area (Å²) in [5.41, 5.74) is 0.640. The molecule has 0 aliphatic heterocycles. The Balaban J connectivity index is 2.17. The Morgan fingerprint density at radius 1 is 1.21 bits per heavy atom. The van der Waals surface area contributed by atoms with E-state index in [2.05, 4.69) is 5.32 Å². The van der Waals surface area contributed by atoms with Crippen molar-refractivity contribution >= 4 is 11.3 Å². The minimum absolute atomic E-state index is 0.0500. The molecule has 0 amide bonds. The fraction of sp³-hybridized carbons (Fsp3) is 0.333. The molecule has 2 unspecified atom stereocenters. The molecule has 1 heterocycles. The maximum Gasteiger partial charge on any atom is 0.131 e. The predicted molar refractivity (Wildman–Crippen MR) is 77.8 cm³/mol. The van der Waals surface area contributed by atoms with Gasteiger partial charge in [0.05, 0.1) is 6.61 Å². The minimum atomic E-state index is -0.194. The Labute approximate surface area is 116 Å². The maximum atomic E-state index is 13.7. The van der Waals surface area contributed by atoms with Gasteiger partial charge in [-0.15, -0.1) is 11.3 Å². The number of aliphatic hydroxyl groups excluding tert-OH is 1. The number of halogens is 1. The summed E-state index contributed by atoms with van der Waals surface area (Å²) < 4.78 is 13.7. The molecule has 0 radical (unpaired) electrons. The van der Waals surface area contributed by atoms with E-state index in [1.54, 1.807) is 23.5 Å². The molecule has 0 saturated heterocycles. The molecule has 0 spiro atoms. The lowest BCUT2D eigenvalue weighted by atomic mass is 10.2. The van der Waals surface area contributed by atoms with Crippen LogP contribution in [0.2, 0.25) is 0 Å². The van der Waals surface area contributed by atoms with Crippen molar-refractivity contribution in [1.82, 2.24) is 5.32 Å². The monoisotopic (exact) mass is 279 g/mol. The van der Waals surface area contributed by atoms with Crippen molar-refractivity contribution in [3.8, 4) is 10.4 Å². The van der Waals surface area contributed by atoms with E-state index in [4.69, 9.17) is 5.11 Å². The van der Waals surface area contributed by atoms with E-state index in [-0.39, 0.29) is 24.5 Å². The smallest absolute Gasteiger partial charge is 0.131 e. The summed E-state index contributed by atoms with van der Waals surface area (Å²) in [5, 5.41) is 12.3. The molecule has 4 heteroatoms. The first-order chi connectivity index (χ1) is 9.11. The molecule has 0 bridgehead atoms. The first kappa shape index (κ1) is 14.2. The highest BCUT2D eigenvalue weighted by Gasteiger charge is 2.13. The van der Waals surface area contributed by atoms with Crippen LogP contribution in [0.3, 0.4) is 0 Å². The van der Waals surface area contributed by atoms with Gasteiger partial charge in [0, 0.05) is 27.4 Å². The van der Waals surface area contributed by atoms with Gasteiger partial charge in [0.15, 0.2) is 0 Å². The van der Waals surface area contributed by atoms with Crippen molar-refractivity contribution in [2.75, 3.05) is 6.61 Å². The third-order valence-corrected chi connectivity index (χ3v) is 4.30. The zero-order chi connectivity index (χ0) is 13.8. The zero-order valence-electron chi connectivity index (χ0n) is 11.1. The number of hydrogen-bond acceptors (Lipinski definition) is 3. The lowest BCUT2D eigenvalue weighted by Crippen LogP contribution is -2.31. The van der Waals surface area contributed by atoms with E-state index in [9.17, 15) is 4.39 Å². The molecule has 0 aliphatic carbocycles. The Hall–Kier alpha value is -1.23. The normalized spacial score (nSPS) is 14.3. The van der Waals surface area contributed by atoms with Crippen LogP contribution in [-0.4, -0.2) is 17.8 Å². The molecule has 2 N–H and O–H groups in total. The average Bonchev–Trinajstić information content (AvgIpc) is 2.88. The van der Waals surface area contributed by atoms with Crippen molar-refractivity contribution in [3.05, 3.63) is 47.1 Å². The zero-order valence-corrected chi connectivity index (χ0v) is 11.9. The van der Waals surface area contributed by atoms with E-state index in [1.165, 1.54) is 6.07 Å². The third kappa shape index (κ3) is 3.41. The summed E-state index contributed by atoms with van der Waals surface area (Å²) in [6.07, 6.45) is 0. The molecular formula is C15H18FNOS. The lowest BCUT2D eigenvalue weighted by molar-refractivity contribution is 0.243. The van der Waals surface area contributed by atoms with Crippen LogP contribution in [0, 0.1) is 5.82 Å². The van der Waals surface area contributed by atoms with Gasteiger partial charge in [0.2, 0.25) is 0 Å². The van der Waals surface area contributed by atoms with E-state index in [0.717, 1.165) is 9.75 Å². The lowest BCUT2D eigenvalue weighted by Gasteiger charge is -2.16. The summed E-state index contributed by atoms with van der Waals surface area (Å²) >= 11 is 1.58. The number of aliphatic hydroxyl groups is 1. The number of rotatable bonds is 5. The number of benzene rings is 1. The predicted octanol–water partition coefficient (Wildman–Crippen LogP) is 3.59. The molecule has 102 valence electrons. The number of nitrogens with one attached hydrogen (secondary N) is 1. The highest BCUT2D eigenvalue weighted by molar-refractivity contribution is 7.15. The van der Waals surface area contributed by atoms with Gasteiger partial charge in [-0.2, -0.15) is 0 Å². The molecular weight excluding hydrogens is 261 g/mol. The average molecular weight is 279 g/mol. The second kappa shape index (κ2) is 6.28. The SMILES string of the molecule is CC(CO)NC(C)c1ccc(-c2ccccc2F)s1. The number of thiophene rings is 1. The van der Waals surface area contributed by atoms with Crippen LogP contribution >= 0.6 is 11.3 Å². The Morgan fingerprint density at radius 3 is 2.63 bits per heavy atom. The fourth-order valence-corrected chi connectivity index (χ4v) is 3.00. The Bertz CT molecular complexity index is 540. The van der Waals surface area contributed by atoms with Gasteiger partial charge in [-0.1, -0.05) is 18.2 Å². The van der Waals surface area contributed by atoms with Crippen LogP contribution in [-0.2, 0) is 0 Å². The van der Waals surface area contributed by atoms with Crippen LogP contribution in [0.5, 0.6) is 0 Å². The highest BCUT2D eigenvalue weighted by atomic mass is 32.1. The summed E-state index contributed by atoms with van der Waals surface area (Å²) in [5.74, 6) is -0.194. The van der Waals surface area contributed by atoms with E-state index >= 15 is 0 Å². The topological polar surface area (TPSA) is 32.3 Å². The molecule has 19 heavy (non-hydrogen) atoms. The van der Waals surface area contributed by atoms with Crippen LogP contribution in [0.1, 0.15) is 24.8 Å². The molecule has 2 atom stereocenters. The van der Waals surface area contributed by atoms with Gasteiger partial charge in [-0.05, 0) is 32.0 Å². The molecule has 0 fully saturated rings. The van der Waals surface area contributed by atoms with Gasteiger partial charge < -0.3 is 10.4 Å². The summed E-state index contributed by atoms with van der Waals surface area (Å²) in [6.45, 7) is 4.08. The van der Waals surface area contributed by atoms with Gasteiger partial charge in [-0.3, -0.25) is 0 Å². The van der Waals surface area contributed by atoms with Crippen LogP contribution in [0.25, 0.3) is 10.4 Å². The Morgan fingerprint density at radius 2 is 1.95 bits per heavy atom.